The molecule has 8 nitrogen and oxygen atoms in total. The largest absolute Gasteiger partial charge is 2.00 e. The zero-order chi connectivity index (χ0) is 4.50. The maximum Gasteiger partial charge on any atom is 2.00 e. The van der Waals surface area contributed by atoms with Gasteiger partial charge >= 0.3 is 51.5 Å². The summed E-state index contributed by atoms with van der Waals surface area (Å²) in [5, 5.41) is 0. The van der Waals surface area contributed by atoms with Gasteiger partial charge in [-0.05, 0) is 0 Å². The number of rotatable bonds is 0. The Hall–Kier alpha value is 0.711. The first-order valence-corrected chi connectivity index (χ1v) is 3.94. The third kappa shape index (κ3) is 1030. The first-order chi connectivity index (χ1) is 2.00. The summed E-state index contributed by atoms with van der Waals surface area (Å²) in [4.78, 5) is 0. The van der Waals surface area contributed by atoms with Gasteiger partial charge in [0.1, 0.15) is 0 Å². The molecule has 0 spiro atoms. The van der Waals surface area contributed by atoms with Gasteiger partial charge in [0, 0.05) is 24.6 Å². The van der Waals surface area contributed by atoms with Crippen LogP contribution in [0.5, 0.6) is 0 Å². The van der Waals surface area contributed by atoms with E-state index in [1.165, 1.54) is 0 Å². The summed E-state index contributed by atoms with van der Waals surface area (Å²) in [7, 11) is 0. The van der Waals surface area contributed by atoms with E-state index in [1.807, 2.05) is 0 Å². The summed E-state index contributed by atoms with van der Waals surface area (Å²) in [5.41, 5.74) is 0. The van der Waals surface area contributed by atoms with Crippen molar-refractivity contribution in [1.82, 2.24) is 24.6 Å². The minimum atomic E-state index is -6.02. The van der Waals surface area contributed by atoms with Gasteiger partial charge in [0.2, 0.25) is 0 Å². The third-order valence-electron chi connectivity index (χ3n) is 0. The molecule has 12 radical (unpaired) electrons. The molecule has 0 rings (SSSR count). The molecule has 60 valence electrons. The maximum atomic E-state index is 8.63. The van der Waals surface area contributed by atoms with Gasteiger partial charge in [0.05, 0.1) is 0 Å². The Balaban J connectivity index is -0.00000000800. The van der Waals surface area contributed by atoms with E-state index in [9.17, 15) is 0 Å². The van der Waals surface area contributed by atoms with E-state index in [4.69, 9.17) is 14.3 Å². The minimum Gasteiger partial charge on any atom is 2.00 e. The van der Waals surface area contributed by atoms with E-state index < -0.39 is 16.7 Å². The standard InChI is InChI=1S/Mo.4N.4O.Pd/q;;;;;;;2*-1;+2. The minimum absolute atomic E-state index is 0. The van der Waals surface area contributed by atoms with Crippen LogP contribution in [-0.2, 0) is 44.0 Å². The van der Waals surface area contributed by atoms with Gasteiger partial charge in [-0.3, -0.25) is 0 Å². The third-order valence-corrected chi connectivity index (χ3v) is 0. The van der Waals surface area contributed by atoms with Crippen LogP contribution in [0.1, 0.15) is 0 Å². The molecule has 0 aliphatic carbocycles. The molecule has 0 aromatic carbocycles. The molecule has 0 saturated carbocycles. The SMILES string of the molecule is [N].[N].[N].[N].[O]=[Mo](=[O])([O-])[O-].[Pd+2]. The molecule has 0 amide bonds. The van der Waals surface area contributed by atoms with E-state index >= 15 is 0 Å². The van der Waals surface area contributed by atoms with Crippen LogP contribution >= 0.6 is 0 Å². The van der Waals surface area contributed by atoms with E-state index in [-0.39, 0.29) is 45.0 Å². The summed E-state index contributed by atoms with van der Waals surface area (Å²) < 4.78 is 34.5. The van der Waals surface area contributed by atoms with Crippen molar-refractivity contribution in [3.63, 3.8) is 0 Å². The van der Waals surface area contributed by atoms with Gasteiger partial charge < -0.3 is 0 Å². The maximum absolute atomic E-state index is 8.63. The van der Waals surface area contributed by atoms with Crippen molar-refractivity contribution in [2.24, 2.45) is 0 Å². The van der Waals surface area contributed by atoms with E-state index in [0.29, 0.717) is 0 Å². The summed E-state index contributed by atoms with van der Waals surface area (Å²) in [6, 6.07) is 0. The van der Waals surface area contributed by atoms with Crippen molar-refractivity contribution in [2.75, 3.05) is 0 Å². The molecule has 0 atom stereocenters. The Kier molecular flexibility index (Phi) is 74.5. The molecule has 0 aliphatic heterocycles. The number of hydrogen-bond acceptors (Lipinski definition) is 4. The van der Waals surface area contributed by atoms with Crippen LogP contribution in [0.3, 0.4) is 0 Å². The molecule has 0 aromatic rings. The molecule has 0 heterocycles. The predicted octanol–water partition coefficient (Wildman–Crippen LogP) is -4.54. The Morgan fingerprint density at radius 2 is 0.800 bits per heavy atom. The fraction of sp³-hybridized carbons (Fsp3) is 0. The fourth-order valence-electron chi connectivity index (χ4n) is 0. The molecule has 0 aromatic heterocycles. The van der Waals surface area contributed by atoms with Crippen LogP contribution in [0.15, 0.2) is 0 Å². The molecular weight excluding hydrogens is 322 g/mol. The van der Waals surface area contributed by atoms with Crippen molar-refractivity contribution in [1.29, 1.82) is 0 Å². The molecule has 0 unspecified atom stereocenters. The van der Waals surface area contributed by atoms with Crippen molar-refractivity contribution in [3.05, 3.63) is 0 Å². The molecule has 0 N–H and O–H groups in total. The molecule has 0 aliphatic rings. The van der Waals surface area contributed by atoms with Crippen molar-refractivity contribution >= 4 is 0 Å². The first kappa shape index (κ1) is 45.5. The van der Waals surface area contributed by atoms with Crippen LogP contribution in [0.4, 0.5) is 0 Å². The van der Waals surface area contributed by atoms with Crippen LogP contribution in [0.25, 0.3) is 0 Å². The Bertz CT molecular complexity index is 100. The van der Waals surface area contributed by atoms with Crippen LogP contribution in [0.2, 0.25) is 0 Å². The topological polar surface area (TPSA) is 202 Å². The van der Waals surface area contributed by atoms with Crippen molar-refractivity contribution < 1.29 is 51.5 Å². The van der Waals surface area contributed by atoms with Gasteiger partial charge in [-0.25, -0.2) is 0 Å². The second-order valence-electron chi connectivity index (χ2n) is 0.408. The quantitative estimate of drug-likeness (QED) is 0.404. The van der Waals surface area contributed by atoms with E-state index in [0.717, 1.165) is 0 Å². The van der Waals surface area contributed by atoms with Crippen LogP contribution in [0, 0.1) is 0 Å². The van der Waals surface area contributed by atoms with Crippen LogP contribution < -0.4 is 32.1 Å². The number of nitrogens with zero attached hydrogens (tertiary/aromatic N) is 4. The van der Waals surface area contributed by atoms with Crippen molar-refractivity contribution in [2.45, 2.75) is 0 Å². The first-order valence-electron chi connectivity index (χ1n) is 0.667. The smallest absolute Gasteiger partial charge is 2.00 e. The van der Waals surface area contributed by atoms with Gasteiger partial charge in [-0.15, -0.1) is 0 Å². The Labute approximate surface area is 76.1 Å². The van der Waals surface area contributed by atoms with Crippen molar-refractivity contribution in [3.8, 4) is 0 Å². The molecule has 0 bridgehead atoms. The van der Waals surface area contributed by atoms with Gasteiger partial charge in [-0.1, -0.05) is 0 Å². The summed E-state index contributed by atoms with van der Waals surface area (Å²) in [6.07, 6.45) is 0. The molecule has 10 heavy (non-hydrogen) atoms. The Morgan fingerprint density at radius 3 is 0.800 bits per heavy atom. The normalized spacial score (nSPS) is 5.80. The second-order valence-corrected chi connectivity index (χ2v) is 2.42. The molecule has 0 saturated heterocycles. The predicted molar refractivity (Wildman–Crippen MR) is 9.91 cm³/mol. The van der Waals surface area contributed by atoms with Gasteiger partial charge in [0.25, 0.3) is 0 Å². The summed E-state index contributed by atoms with van der Waals surface area (Å²) >= 11 is -6.02. The molecule has 0 fully saturated rings. The number of hydrogen-bond donors (Lipinski definition) is 0. The monoisotopic (exact) mass is 324 g/mol. The van der Waals surface area contributed by atoms with Gasteiger partial charge in [0.15, 0.2) is 0 Å². The zero-order valence-corrected chi connectivity index (χ0v) is 7.71. The second kappa shape index (κ2) is 16.4. The zero-order valence-electron chi connectivity index (χ0n) is 4.15. The average Bonchev–Trinajstić information content (AvgIpc) is 0.722. The Morgan fingerprint density at radius 1 is 0.800 bits per heavy atom. The van der Waals surface area contributed by atoms with Gasteiger partial charge in [-0.2, -0.15) is 0 Å². The molecular formula is MoN4O4Pd. The van der Waals surface area contributed by atoms with E-state index in [2.05, 4.69) is 0 Å². The fourth-order valence-corrected chi connectivity index (χ4v) is 0. The summed E-state index contributed by atoms with van der Waals surface area (Å²) in [6.45, 7) is 0. The average molecular weight is 322 g/mol. The summed E-state index contributed by atoms with van der Waals surface area (Å²) in [5.74, 6) is 0. The van der Waals surface area contributed by atoms with E-state index in [1.54, 1.807) is 0 Å². The molecule has 10 heteroatoms. The van der Waals surface area contributed by atoms with Crippen LogP contribution in [-0.4, -0.2) is 0 Å².